The summed E-state index contributed by atoms with van der Waals surface area (Å²) in [5, 5.41) is 3.44. The van der Waals surface area contributed by atoms with Gasteiger partial charge in [-0.05, 0) is 37.9 Å². The summed E-state index contributed by atoms with van der Waals surface area (Å²) < 4.78 is 5.98. The molecule has 0 radical (unpaired) electrons. The van der Waals surface area contributed by atoms with Crippen molar-refractivity contribution in [3.05, 3.63) is 29.8 Å². The van der Waals surface area contributed by atoms with E-state index in [4.69, 9.17) is 4.74 Å². The Morgan fingerprint density at radius 3 is 2.95 bits per heavy atom. The van der Waals surface area contributed by atoms with Crippen LogP contribution in [-0.2, 0) is 6.54 Å². The van der Waals surface area contributed by atoms with Gasteiger partial charge in [0.05, 0.1) is 0 Å². The number of nitrogens with zero attached hydrogens (tertiary/aromatic N) is 1. The van der Waals surface area contributed by atoms with Crippen molar-refractivity contribution in [3.8, 4) is 5.75 Å². The number of hydrogen-bond donors (Lipinski definition) is 1. The normalized spacial score (nSPS) is 19.4. The third-order valence-corrected chi connectivity index (χ3v) is 3.89. The van der Waals surface area contributed by atoms with Gasteiger partial charge in [-0.2, -0.15) is 0 Å². The van der Waals surface area contributed by atoms with E-state index in [0.29, 0.717) is 0 Å². The molecule has 3 heteroatoms. The van der Waals surface area contributed by atoms with Crippen LogP contribution in [-0.4, -0.2) is 37.7 Å². The average Bonchev–Trinajstić information content (AvgIpc) is 2.86. The molecule has 3 nitrogen and oxygen atoms in total. The highest BCUT2D eigenvalue weighted by molar-refractivity contribution is 5.33. The van der Waals surface area contributed by atoms with Crippen molar-refractivity contribution in [2.75, 3.05) is 32.8 Å². The van der Waals surface area contributed by atoms with Gasteiger partial charge in [0.25, 0.3) is 0 Å². The molecule has 0 amide bonds. The standard InChI is InChI=1S/C17H28N2O/c1-3-9-18-13-16-6-4-5-7-17(16)20-12-11-19-10-8-15(2)14-19/h4-7,15,18H,3,8-14H2,1-2H3. The van der Waals surface area contributed by atoms with Crippen LogP contribution >= 0.6 is 0 Å². The summed E-state index contributed by atoms with van der Waals surface area (Å²) in [5.74, 6) is 1.88. The molecule has 1 heterocycles. The van der Waals surface area contributed by atoms with Crippen LogP contribution in [0.25, 0.3) is 0 Å². The molecule has 1 aromatic carbocycles. The summed E-state index contributed by atoms with van der Waals surface area (Å²) in [7, 11) is 0. The number of ether oxygens (including phenoxy) is 1. The van der Waals surface area contributed by atoms with Crippen LogP contribution in [0.15, 0.2) is 24.3 Å². The van der Waals surface area contributed by atoms with Crippen LogP contribution in [0.4, 0.5) is 0 Å². The quantitative estimate of drug-likeness (QED) is 0.739. The summed E-state index contributed by atoms with van der Waals surface area (Å²) in [4.78, 5) is 2.50. The Morgan fingerprint density at radius 2 is 2.20 bits per heavy atom. The van der Waals surface area contributed by atoms with E-state index < -0.39 is 0 Å². The molecule has 1 aliphatic heterocycles. The second-order valence-electron chi connectivity index (χ2n) is 5.83. The van der Waals surface area contributed by atoms with Crippen LogP contribution in [0.5, 0.6) is 5.75 Å². The van der Waals surface area contributed by atoms with Gasteiger partial charge in [0.2, 0.25) is 0 Å². The first-order valence-corrected chi connectivity index (χ1v) is 7.93. The van der Waals surface area contributed by atoms with Crippen molar-refractivity contribution in [1.82, 2.24) is 10.2 Å². The van der Waals surface area contributed by atoms with Gasteiger partial charge in [0.1, 0.15) is 12.4 Å². The number of hydrogen-bond acceptors (Lipinski definition) is 3. The molecule has 0 aromatic heterocycles. The zero-order chi connectivity index (χ0) is 14.2. The molecule has 0 bridgehead atoms. The van der Waals surface area contributed by atoms with Crippen molar-refractivity contribution in [2.45, 2.75) is 33.2 Å². The Hall–Kier alpha value is -1.06. The average molecular weight is 276 g/mol. The van der Waals surface area contributed by atoms with Crippen LogP contribution in [0, 0.1) is 5.92 Å². The maximum atomic E-state index is 5.98. The second kappa shape index (κ2) is 8.28. The number of nitrogens with one attached hydrogen (secondary N) is 1. The molecule has 112 valence electrons. The number of likely N-dealkylation sites (tertiary alicyclic amines) is 1. The van der Waals surface area contributed by atoms with Crippen molar-refractivity contribution in [2.24, 2.45) is 5.92 Å². The fraction of sp³-hybridized carbons (Fsp3) is 0.647. The minimum atomic E-state index is 0.789. The Bertz CT molecular complexity index is 394. The van der Waals surface area contributed by atoms with Crippen LogP contribution in [0.2, 0.25) is 0 Å². The molecule has 1 saturated heterocycles. The van der Waals surface area contributed by atoms with Gasteiger partial charge in [-0.25, -0.2) is 0 Å². The minimum Gasteiger partial charge on any atom is -0.492 e. The third-order valence-electron chi connectivity index (χ3n) is 3.89. The van der Waals surface area contributed by atoms with E-state index in [1.54, 1.807) is 0 Å². The first-order chi connectivity index (χ1) is 9.79. The van der Waals surface area contributed by atoms with E-state index >= 15 is 0 Å². The van der Waals surface area contributed by atoms with E-state index in [1.807, 2.05) is 0 Å². The van der Waals surface area contributed by atoms with E-state index in [2.05, 4.69) is 48.3 Å². The van der Waals surface area contributed by atoms with Gasteiger partial charge >= 0.3 is 0 Å². The van der Waals surface area contributed by atoms with E-state index in [0.717, 1.165) is 44.3 Å². The molecular weight excluding hydrogens is 248 g/mol. The molecule has 1 unspecified atom stereocenters. The lowest BCUT2D eigenvalue weighted by Gasteiger charge is -2.17. The minimum absolute atomic E-state index is 0.789. The summed E-state index contributed by atoms with van der Waals surface area (Å²) in [6.45, 7) is 10.7. The van der Waals surface area contributed by atoms with Gasteiger partial charge in [0.15, 0.2) is 0 Å². The molecule has 1 N–H and O–H groups in total. The van der Waals surface area contributed by atoms with Crippen molar-refractivity contribution in [3.63, 3.8) is 0 Å². The Morgan fingerprint density at radius 1 is 1.35 bits per heavy atom. The predicted molar refractivity (Wildman–Crippen MR) is 84.2 cm³/mol. The van der Waals surface area contributed by atoms with E-state index in [1.165, 1.54) is 25.1 Å². The van der Waals surface area contributed by atoms with Crippen LogP contribution in [0.1, 0.15) is 32.3 Å². The van der Waals surface area contributed by atoms with Gasteiger partial charge in [-0.3, -0.25) is 4.90 Å². The molecular formula is C17H28N2O. The smallest absolute Gasteiger partial charge is 0.123 e. The number of para-hydroxylation sites is 1. The van der Waals surface area contributed by atoms with Gasteiger partial charge < -0.3 is 10.1 Å². The van der Waals surface area contributed by atoms with Crippen molar-refractivity contribution < 1.29 is 4.74 Å². The zero-order valence-corrected chi connectivity index (χ0v) is 12.9. The Labute approximate surface area is 123 Å². The van der Waals surface area contributed by atoms with Crippen LogP contribution < -0.4 is 10.1 Å². The second-order valence-corrected chi connectivity index (χ2v) is 5.83. The molecule has 0 spiro atoms. The predicted octanol–water partition coefficient (Wildman–Crippen LogP) is 2.91. The van der Waals surface area contributed by atoms with Crippen molar-refractivity contribution >= 4 is 0 Å². The molecule has 0 aliphatic carbocycles. The topological polar surface area (TPSA) is 24.5 Å². The highest BCUT2D eigenvalue weighted by atomic mass is 16.5. The maximum absolute atomic E-state index is 5.98. The summed E-state index contributed by atoms with van der Waals surface area (Å²) in [6.07, 6.45) is 2.49. The largest absolute Gasteiger partial charge is 0.492 e. The molecule has 1 aromatic rings. The van der Waals surface area contributed by atoms with Gasteiger partial charge in [0, 0.05) is 25.2 Å². The summed E-state index contributed by atoms with van der Waals surface area (Å²) in [5.41, 5.74) is 1.26. The highest BCUT2D eigenvalue weighted by Crippen LogP contribution is 2.18. The third kappa shape index (κ3) is 4.80. The number of rotatable bonds is 8. The first kappa shape index (κ1) is 15.3. The first-order valence-electron chi connectivity index (χ1n) is 7.93. The van der Waals surface area contributed by atoms with E-state index in [9.17, 15) is 0 Å². The SMILES string of the molecule is CCCNCc1ccccc1OCCN1CCC(C)C1. The summed E-state index contributed by atoms with van der Waals surface area (Å²) in [6, 6.07) is 8.36. The monoisotopic (exact) mass is 276 g/mol. The summed E-state index contributed by atoms with van der Waals surface area (Å²) >= 11 is 0. The van der Waals surface area contributed by atoms with E-state index in [-0.39, 0.29) is 0 Å². The van der Waals surface area contributed by atoms with Gasteiger partial charge in [-0.1, -0.05) is 32.0 Å². The molecule has 1 atom stereocenters. The maximum Gasteiger partial charge on any atom is 0.123 e. The molecule has 1 fully saturated rings. The highest BCUT2D eigenvalue weighted by Gasteiger charge is 2.17. The molecule has 1 aliphatic rings. The molecule has 2 rings (SSSR count). The van der Waals surface area contributed by atoms with Gasteiger partial charge in [-0.15, -0.1) is 0 Å². The zero-order valence-electron chi connectivity index (χ0n) is 12.9. The lowest BCUT2D eigenvalue weighted by atomic mass is 10.2. The number of benzene rings is 1. The van der Waals surface area contributed by atoms with Crippen LogP contribution in [0.3, 0.4) is 0 Å². The Kier molecular flexibility index (Phi) is 6.34. The fourth-order valence-electron chi connectivity index (χ4n) is 2.70. The fourth-order valence-corrected chi connectivity index (χ4v) is 2.70. The lowest BCUT2D eigenvalue weighted by molar-refractivity contribution is 0.232. The molecule has 20 heavy (non-hydrogen) atoms. The van der Waals surface area contributed by atoms with Crippen molar-refractivity contribution in [1.29, 1.82) is 0 Å². The Balaban J connectivity index is 1.76. The lowest BCUT2D eigenvalue weighted by Crippen LogP contribution is -2.26. The molecule has 0 saturated carbocycles.